The Morgan fingerprint density at radius 1 is 0.934 bits per heavy atom. The second-order valence-corrected chi connectivity index (χ2v) is 21.3. The number of fused-ring (bicyclic) bond motifs is 2. The zero-order chi connectivity index (χ0) is 43.2. The summed E-state index contributed by atoms with van der Waals surface area (Å²) < 4.78 is 47.3. The SMILES string of the molecule is C=CC(=O)N1CCN(c2nc(=O)n(-c3c(CO[Si](c4ccccc4)(c4ccccc4)C(C)(C)C)cccc3C(C)C)c3nc(-c4c(F)ccc5ccoc45)c(F)cc23)[C@@H](C)C1. The van der Waals surface area contributed by atoms with Crippen LogP contribution in [0.25, 0.3) is 38.9 Å². The summed E-state index contributed by atoms with van der Waals surface area (Å²) in [6.45, 7) is 17.3. The van der Waals surface area contributed by atoms with Crippen molar-refractivity contribution in [2.24, 2.45) is 0 Å². The average molecular weight is 838 g/mol. The minimum atomic E-state index is -3.07. The van der Waals surface area contributed by atoms with Crippen LogP contribution >= 0.6 is 0 Å². The summed E-state index contributed by atoms with van der Waals surface area (Å²) in [6, 6.07) is 32.0. The number of furan rings is 1. The molecule has 0 unspecified atom stereocenters. The van der Waals surface area contributed by atoms with Crippen LogP contribution in [0.4, 0.5) is 14.6 Å². The molecule has 8 rings (SSSR count). The molecule has 0 bridgehead atoms. The molecular weight excluding hydrogens is 789 g/mol. The van der Waals surface area contributed by atoms with E-state index in [-0.39, 0.29) is 63.2 Å². The number of halogens is 2. The van der Waals surface area contributed by atoms with Crippen LogP contribution in [0.5, 0.6) is 0 Å². The maximum absolute atomic E-state index is 16.8. The van der Waals surface area contributed by atoms with E-state index >= 15 is 13.6 Å². The fourth-order valence-corrected chi connectivity index (χ4v) is 13.5. The van der Waals surface area contributed by atoms with Gasteiger partial charge in [0.05, 0.1) is 29.5 Å². The first kappa shape index (κ1) is 41.5. The van der Waals surface area contributed by atoms with Crippen LogP contribution < -0.4 is 21.0 Å². The number of para-hydroxylation sites is 1. The molecule has 4 aromatic carbocycles. The molecule has 7 aromatic rings. The molecular formula is C49H49F2N5O4Si. The monoisotopic (exact) mass is 837 g/mol. The molecule has 9 nitrogen and oxygen atoms in total. The van der Waals surface area contributed by atoms with Crippen molar-refractivity contribution in [2.45, 2.75) is 65.1 Å². The molecule has 3 aromatic heterocycles. The second kappa shape index (κ2) is 16.3. The van der Waals surface area contributed by atoms with Gasteiger partial charge in [-0.15, -0.1) is 0 Å². The highest BCUT2D eigenvalue weighted by Gasteiger charge is 2.50. The molecule has 1 aliphatic heterocycles. The van der Waals surface area contributed by atoms with Crippen LogP contribution in [0.2, 0.25) is 5.04 Å². The number of amides is 1. The molecule has 4 heterocycles. The number of carbonyl (C=O) groups is 1. The van der Waals surface area contributed by atoms with Crippen LogP contribution in [0.3, 0.4) is 0 Å². The number of pyridine rings is 1. The molecule has 0 saturated carbocycles. The van der Waals surface area contributed by atoms with Crippen molar-refractivity contribution in [1.82, 2.24) is 19.4 Å². The van der Waals surface area contributed by atoms with E-state index in [0.29, 0.717) is 36.3 Å². The molecule has 1 aliphatic rings. The van der Waals surface area contributed by atoms with E-state index in [4.69, 9.17) is 18.8 Å². The lowest BCUT2D eigenvalue weighted by Crippen LogP contribution is -2.66. The Balaban J connectivity index is 1.39. The topological polar surface area (TPSA) is 93.7 Å². The van der Waals surface area contributed by atoms with Gasteiger partial charge < -0.3 is 18.6 Å². The first-order chi connectivity index (χ1) is 29.2. The number of rotatable bonds is 10. The molecule has 0 spiro atoms. The lowest BCUT2D eigenvalue weighted by molar-refractivity contribution is -0.126. The fraction of sp³-hybridized carbons (Fsp3) is 0.265. The van der Waals surface area contributed by atoms with Crippen molar-refractivity contribution < 1.29 is 22.4 Å². The Morgan fingerprint density at radius 2 is 1.62 bits per heavy atom. The van der Waals surface area contributed by atoms with Gasteiger partial charge in [-0.1, -0.05) is 120 Å². The van der Waals surface area contributed by atoms with Gasteiger partial charge in [-0.2, -0.15) is 4.98 Å². The number of hydrogen-bond acceptors (Lipinski definition) is 7. The molecule has 0 radical (unpaired) electrons. The maximum atomic E-state index is 16.8. The lowest BCUT2D eigenvalue weighted by atomic mass is 9.97. The van der Waals surface area contributed by atoms with E-state index in [0.717, 1.165) is 15.9 Å². The van der Waals surface area contributed by atoms with Gasteiger partial charge in [-0.3, -0.25) is 4.79 Å². The number of nitrogens with zero attached hydrogens (tertiary/aromatic N) is 5. The van der Waals surface area contributed by atoms with Crippen molar-refractivity contribution in [3.05, 3.63) is 155 Å². The van der Waals surface area contributed by atoms with Gasteiger partial charge in [-0.25, -0.2) is 23.1 Å². The van der Waals surface area contributed by atoms with Crippen LogP contribution in [0.15, 0.2) is 131 Å². The summed E-state index contributed by atoms with van der Waals surface area (Å²) in [5.41, 5.74) is 1.14. The smallest absolute Gasteiger partial charge is 0.355 e. The number of benzene rings is 4. The number of piperazine rings is 1. The Morgan fingerprint density at radius 3 is 2.25 bits per heavy atom. The van der Waals surface area contributed by atoms with Crippen LogP contribution in [-0.4, -0.2) is 59.3 Å². The standard InChI is InChI=1S/C49H49F2N5O4Si/c1-8-41(57)54-25-26-55(32(4)29-54)46-38-28-40(51)43(42-39(50)23-22-33-24-27-59-45(33)42)52-47(38)56(48(58)53-46)44-34(16-15-21-37(44)31(2)3)30-60-61(49(5,6)7,35-17-11-9-12-18-35)36-19-13-10-14-20-36/h8-24,27-28,31-32H,1,25-26,29-30H2,2-7H3/t32-/m0/s1. The van der Waals surface area contributed by atoms with Crippen molar-refractivity contribution in [3.63, 3.8) is 0 Å². The predicted octanol–water partition coefficient (Wildman–Crippen LogP) is 8.90. The third-order valence-corrected chi connectivity index (χ3v) is 16.8. The number of hydrogen-bond donors (Lipinski definition) is 0. The van der Waals surface area contributed by atoms with Crippen LogP contribution in [0.1, 0.15) is 58.6 Å². The third kappa shape index (κ3) is 7.27. The molecule has 0 aliphatic carbocycles. The van der Waals surface area contributed by atoms with Gasteiger partial charge >= 0.3 is 5.69 Å². The van der Waals surface area contributed by atoms with Gasteiger partial charge in [0.15, 0.2) is 11.5 Å². The zero-order valence-corrected chi connectivity index (χ0v) is 36.3. The van der Waals surface area contributed by atoms with E-state index in [1.54, 1.807) is 17.0 Å². The Hall–Kier alpha value is -6.24. The third-order valence-electron chi connectivity index (χ3n) is 11.9. The number of anilines is 1. The normalized spacial score (nSPS) is 14.9. The van der Waals surface area contributed by atoms with E-state index in [1.807, 2.05) is 80.3 Å². The molecule has 12 heteroatoms. The van der Waals surface area contributed by atoms with Gasteiger partial charge in [0, 0.05) is 36.6 Å². The van der Waals surface area contributed by atoms with E-state index in [1.165, 1.54) is 29.0 Å². The van der Waals surface area contributed by atoms with E-state index in [9.17, 15) is 4.79 Å². The summed E-state index contributed by atoms with van der Waals surface area (Å²) in [6.07, 6.45) is 2.69. The van der Waals surface area contributed by atoms with Crippen molar-refractivity contribution in [3.8, 4) is 16.9 Å². The molecule has 1 saturated heterocycles. The highest BCUT2D eigenvalue weighted by Crippen LogP contribution is 2.40. The molecule has 0 N–H and O–H groups in total. The quantitative estimate of drug-likeness (QED) is 0.100. The Kier molecular flexibility index (Phi) is 11.1. The predicted molar refractivity (Wildman–Crippen MR) is 240 cm³/mol. The van der Waals surface area contributed by atoms with Crippen molar-refractivity contribution >= 4 is 52.4 Å². The van der Waals surface area contributed by atoms with E-state index in [2.05, 4.69) is 51.6 Å². The first-order valence-corrected chi connectivity index (χ1v) is 22.5. The summed E-state index contributed by atoms with van der Waals surface area (Å²) in [4.78, 5) is 40.8. The summed E-state index contributed by atoms with van der Waals surface area (Å²) >= 11 is 0. The Bertz CT molecular complexity index is 2800. The molecule has 1 fully saturated rings. The van der Waals surface area contributed by atoms with Gasteiger partial charge in [0.2, 0.25) is 5.91 Å². The van der Waals surface area contributed by atoms with Gasteiger partial charge in [-0.05, 0) is 64.2 Å². The first-order valence-electron chi connectivity index (χ1n) is 20.6. The molecule has 1 atom stereocenters. The molecule has 61 heavy (non-hydrogen) atoms. The van der Waals surface area contributed by atoms with Gasteiger partial charge in [0.1, 0.15) is 22.9 Å². The fourth-order valence-electron chi connectivity index (χ4n) is 8.95. The summed E-state index contributed by atoms with van der Waals surface area (Å²) in [5, 5.41) is 2.69. The van der Waals surface area contributed by atoms with Crippen LogP contribution in [0, 0.1) is 11.6 Å². The highest BCUT2D eigenvalue weighted by atomic mass is 28.4. The largest absolute Gasteiger partial charge is 0.464 e. The maximum Gasteiger partial charge on any atom is 0.355 e. The van der Waals surface area contributed by atoms with Crippen LogP contribution in [-0.2, 0) is 15.8 Å². The Labute approximate surface area is 355 Å². The minimum Gasteiger partial charge on any atom is -0.464 e. The van der Waals surface area contributed by atoms with Crippen molar-refractivity contribution in [1.29, 1.82) is 0 Å². The lowest BCUT2D eigenvalue weighted by Gasteiger charge is -2.43. The van der Waals surface area contributed by atoms with E-state index < -0.39 is 25.6 Å². The minimum absolute atomic E-state index is 0.0887. The zero-order valence-electron chi connectivity index (χ0n) is 35.3. The highest BCUT2D eigenvalue weighted by molar-refractivity contribution is 6.99. The number of aromatic nitrogens is 3. The summed E-state index contributed by atoms with van der Waals surface area (Å²) in [7, 11) is -3.07. The van der Waals surface area contributed by atoms with Gasteiger partial charge in [0.25, 0.3) is 8.32 Å². The molecule has 1 amide bonds. The average Bonchev–Trinajstić information content (AvgIpc) is 3.73. The molecule has 312 valence electrons. The summed E-state index contributed by atoms with van der Waals surface area (Å²) in [5.74, 6) is -1.62. The second-order valence-electron chi connectivity index (χ2n) is 17.0. The number of carbonyl (C=O) groups excluding carboxylic acids is 1. The van der Waals surface area contributed by atoms with Crippen molar-refractivity contribution in [2.75, 3.05) is 24.5 Å².